The van der Waals surface area contributed by atoms with E-state index < -0.39 is 21.0 Å². The maximum absolute atomic E-state index is 11.7. The van der Waals surface area contributed by atoms with Crippen LogP contribution in [0.5, 0.6) is 0 Å². The highest BCUT2D eigenvalue weighted by atomic mass is 32.2. The Bertz CT molecular complexity index is 312. The summed E-state index contributed by atoms with van der Waals surface area (Å²) in [5, 5.41) is 1.63. The highest BCUT2D eigenvalue weighted by Gasteiger charge is 2.26. The lowest BCUT2D eigenvalue weighted by atomic mass is 10.2. The van der Waals surface area contributed by atoms with E-state index >= 15 is 0 Å². The maximum Gasteiger partial charge on any atom is 0.238 e. The van der Waals surface area contributed by atoms with Crippen LogP contribution >= 0.6 is 0 Å². The van der Waals surface area contributed by atoms with Gasteiger partial charge >= 0.3 is 0 Å². The van der Waals surface area contributed by atoms with Crippen LogP contribution in [0.1, 0.15) is 27.2 Å². The number of hydrogen-bond donors (Lipinski definition) is 2. The molecule has 0 rings (SSSR count). The Labute approximate surface area is 97.7 Å². The van der Waals surface area contributed by atoms with Crippen molar-refractivity contribution in [1.29, 1.82) is 0 Å². The highest BCUT2D eigenvalue weighted by Crippen LogP contribution is 2.04. The summed E-state index contributed by atoms with van der Waals surface area (Å²) in [5.74, 6) is -0.145. The second kappa shape index (κ2) is 6.85. The third-order valence-electron chi connectivity index (χ3n) is 2.23. The van der Waals surface area contributed by atoms with Crippen LogP contribution in [0.2, 0.25) is 0 Å². The molecule has 96 valence electrons. The molecule has 0 fully saturated rings. The van der Waals surface area contributed by atoms with E-state index in [1.54, 1.807) is 0 Å². The molecule has 16 heavy (non-hydrogen) atoms. The van der Waals surface area contributed by atoms with Gasteiger partial charge in [0.1, 0.15) is 5.25 Å². The molecule has 0 aliphatic heterocycles. The van der Waals surface area contributed by atoms with Crippen molar-refractivity contribution >= 4 is 15.7 Å². The molecule has 1 atom stereocenters. The molecule has 0 aromatic heterocycles. The number of rotatable bonds is 7. The number of carbonyl (C=O) groups is 1. The fraction of sp³-hybridized carbons (Fsp3) is 0.900. The average molecular weight is 250 g/mol. The van der Waals surface area contributed by atoms with Gasteiger partial charge in [0.05, 0.1) is 5.75 Å². The molecule has 0 spiro atoms. The van der Waals surface area contributed by atoms with Gasteiger partial charge in [0.15, 0.2) is 9.84 Å². The van der Waals surface area contributed by atoms with Crippen molar-refractivity contribution in [2.75, 3.05) is 18.8 Å². The molecule has 0 saturated carbocycles. The molecule has 0 radical (unpaired) electrons. The highest BCUT2D eigenvalue weighted by molar-refractivity contribution is 7.92. The van der Waals surface area contributed by atoms with E-state index in [-0.39, 0.29) is 5.75 Å². The topological polar surface area (TPSA) is 89.3 Å². The minimum Gasteiger partial charge on any atom is -0.355 e. The number of nitrogens with one attached hydrogen (secondary N) is 1. The van der Waals surface area contributed by atoms with E-state index in [1.165, 1.54) is 6.92 Å². The summed E-state index contributed by atoms with van der Waals surface area (Å²) in [6, 6.07) is 0. The normalized spacial score (nSPS) is 13.8. The van der Waals surface area contributed by atoms with E-state index in [0.29, 0.717) is 25.4 Å². The summed E-state index contributed by atoms with van der Waals surface area (Å²) >= 11 is 0. The van der Waals surface area contributed by atoms with E-state index in [4.69, 9.17) is 5.73 Å². The van der Waals surface area contributed by atoms with Crippen molar-refractivity contribution in [2.45, 2.75) is 32.4 Å². The van der Waals surface area contributed by atoms with Crippen LogP contribution in [-0.4, -0.2) is 38.4 Å². The third kappa shape index (κ3) is 5.46. The predicted molar refractivity (Wildman–Crippen MR) is 64.8 cm³/mol. The molecule has 5 nitrogen and oxygen atoms in total. The number of nitrogens with two attached hydrogens (primary N) is 1. The van der Waals surface area contributed by atoms with Gasteiger partial charge in [-0.15, -0.1) is 0 Å². The fourth-order valence-electron chi connectivity index (χ4n) is 1.07. The summed E-state index contributed by atoms with van der Waals surface area (Å²) in [7, 11) is -3.36. The van der Waals surface area contributed by atoms with E-state index in [2.05, 4.69) is 5.32 Å². The lowest BCUT2D eigenvalue weighted by Crippen LogP contribution is -2.40. The van der Waals surface area contributed by atoms with Crippen LogP contribution in [0.15, 0.2) is 0 Å². The Morgan fingerprint density at radius 1 is 1.31 bits per heavy atom. The van der Waals surface area contributed by atoms with Crippen molar-refractivity contribution in [3.05, 3.63) is 0 Å². The Morgan fingerprint density at radius 3 is 2.31 bits per heavy atom. The number of sulfone groups is 1. The number of hydrogen-bond acceptors (Lipinski definition) is 4. The lowest BCUT2D eigenvalue weighted by Gasteiger charge is -2.14. The average Bonchev–Trinajstić information content (AvgIpc) is 2.21. The first-order chi connectivity index (χ1) is 7.31. The standard InChI is InChI=1S/C10H22N2O3S/c1-8(2)7-12-10(13)9(3)16(14,15)6-4-5-11/h8-9H,4-7,11H2,1-3H3,(H,12,13). The van der Waals surface area contributed by atoms with Gasteiger partial charge in [-0.1, -0.05) is 13.8 Å². The molecule has 0 aliphatic carbocycles. The van der Waals surface area contributed by atoms with Crippen molar-refractivity contribution < 1.29 is 13.2 Å². The smallest absolute Gasteiger partial charge is 0.238 e. The number of carbonyl (C=O) groups excluding carboxylic acids is 1. The Balaban J connectivity index is 4.31. The van der Waals surface area contributed by atoms with Crippen molar-refractivity contribution in [1.82, 2.24) is 5.32 Å². The Morgan fingerprint density at radius 2 is 1.88 bits per heavy atom. The van der Waals surface area contributed by atoms with Gasteiger partial charge in [-0.2, -0.15) is 0 Å². The molecular weight excluding hydrogens is 228 g/mol. The summed E-state index contributed by atoms with van der Waals surface area (Å²) in [5.41, 5.74) is 5.25. The fourth-order valence-corrected chi connectivity index (χ4v) is 2.40. The maximum atomic E-state index is 11.7. The van der Waals surface area contributed by atoms with Crippen LogP contribution in [-0.2, 0) is 14.6 Å². The van der Waals surface area contributed by atoms with E-state index in [1.807, 2.05) is 13.8 Å². The molecular formula is C10H22N2O3S. The lowest BCUT2D eigenvalue weighted by molar-refractivity contribution is -0.120. The molecule has 0 saturated heterocycles. The van der Waals surface area contributed by atoms with Gasteiger partial charge in [-0.3, -0.25) is 4.79 Å². The first-order valence-corrected chi connectivity index (χ1v) is 7.22. The molecule has 3 N–H and O–H groups in total. The van der Waals surface area contributed by atoms with Crippen molar-refractivity contribution in [3.63, 3.8) is 0 Å². The first kappa shape index (κ1) is 15.4. The number of amides is 1. The minimum atomic E-state index is -3.36. The zero-order valence-corrected chi connectivity index (χ0v) is 11.0. The Hall–Kier alpha value is -0.620. The molecule has 6 heteroatoms. The van der Waals surface area contributed by atoms with Crippen LogP contribution < -0.4 is 11.1 Å². The monoisotopic (exact) mass is 250 g/mol. The van der Waals surface area contributed by atoms with Crippen molar-refractivity contribution in [2.24, 2.45) is 11.7 Å². The predicted octanol–water partition coefficient (Wildman–Crippen LogP) is -0.0893. The van der Waals surface area contributed by atoms with Gasteiger partial charge < -0.3 is 11.1 Å². The third-order valence-corrected chi connectivity index (χ3v) is 4.37. The molecule has 0 heterocycles. The van der Waals surface area contributed by atoms with Gasteiger partial charge in [-0.05, 0) is 25.8 Å². The zero-order chi connectivity index (χ0) is 12.8. The molecule has 0 aromatic carbocycles. The van der Waals surface area contributed by atoms with E-state index in [9.17, 15) is 13.2 Å². The van der Waals surface area contributed by atoms with Gasteiger partial charge in [0.2, 0.25) is 5.91 Å². The summed E-state index contributed by atoms with van der Waals surface area (Å²) in [6.45, 7) is 6.14. The van der Waals surface area contributed by atoms with Crippen LogP contribution in [0.4, 0.5) is 0 Å². The second-order valence-electron chi connectivity index (χ2n) is 4.29. The van der Waals surface area contributed by atoms with Crippen LogP contribution in [0.3, 0.4) is 0 Å². The summed E-state index contributed by atoms with van der Waals surface area (Å²) < 4.78 is 23.3. The largest absolute Gasteiger partial charge is 0.355 e. The van der Waals surface area contributed by atoms with Crippen molar-refractivity contribution in [3.8, 4) is 0 Å². The Kier molecular flexibility index (Phi) is 6.59. The summed E-state index contributed by atoms with van der Waals surface area (Å²) in [6.07, 6.45) is 0.393. The quantitative estimate of drug-likeness (QED) is 0.661. The van der Waals surface area contributed by atoms with Crippen LogP contribution in [0.25, 0.3) is 0 Å². The second-order valence-corrected chi connectivity index (χ2v) is 6.73. The van der Waals surface area contributed by atoms with Crippen LogP contribution in [0, 0.1) is 5.92 Å². The SMILES string of the molecule is CC(C)CNC(=O)C(C)S(=O)(=O)CCCN. The van der Waals surface area contributed by atoms with E-state index in [0.717, 1.165) is 0 Å². The summed E-state index contributed by atoms with van der Waals surface area (Å²) in [4.78, 5) is 11.5. The van der Waals surface area contributed by atoms with Gasteiger partial charge in [0.25, 0.3) is 0 Å². The molecule has 0 aliphatic rings. The molecule has 0 aromatic rings. The van der Waals surface area contributed by atoms with Gasteiger partial charge in [-0.25, -0.2) is 8.42 Å². The molecule has 0 bridgehead atoms. The molecule has 1 unspecified atom stereocenters. The van der Waals surface area contributed by atoms with Gasteiger partial charge in [0, 0.05) is 6.54 Å². The molecule has 1 amide bonds. The first-order valence-electron chi connectivity index (χ1n) is 5.50. The minimum absolute atomic E-state index is 0.0280. The zero-order valence-electron chi connectivity index (χ0n) is 10.2.